The van der Waals surface area contributed by atoms with Gasteiger partial charge >= 0.3 is 0 Å². The molecule has 4 rings (SSSR count). The molecule has 0 saturated heterocycles. The second-order valence-corrected chi connectivity index (χ2v) is 6.17. The third-order valence-electron chi connectivity index (χ3n) is 4.32. The van der Waals surface area contributed by atoms with Gasteiger partial charge in [-0.15, -0.1) is 5.10 Å². The highest BCUT2D eigenvalue weighted by Gasteiger charge is 2.23. The summed E-state index contributed by atoms with van der Waals surface area (Å²) in [6.45, 7) is -0.0285. The van der Waals surface area contributed by atoms with E-state index in [9.17, 15) is 9.90 Å². The van der Waals surface area contributed by atoms with Crippen molar-refractivity contribution in [3.8, 4) is 16.8 Å². The van der Waals surface area contributed by atoms with Gasteiger partial charge in [-0.2, -0.15) is 4.68 Å². The first kappa shape index (κ1) is 15.0. The molecule has 3 heterocycles. The van der Waals surface area contributed by atoms with Crippen LogP contribution in [0.5, 0.6) is 0 Å². The van der Waals surface area contributed by atoms with Crippen LogP contribution in [0.1, 0.15) is 18.2 Å². The summed E-state index contributed by atoms with van der Waals surface area (Å²) in [5, 5.41) is 21.2. The average molecular weight is 344 g/mol. The Labute approximate surface area is 142 Å². The van der Waals surface area contributed by atoms with Crippen LogP contribution in [0.2, 0.25) is 5.02 Å². The number of fused-ring (bicyclic) bond motifs is 1. The summed E-state index contributed by atoms with van der Waals surface area (Å²) in [4.78, 5) is 12.5. The number of hydrogen-bond acceptors (Lipinski definition) is 5. The van der Waals surface area contributed by atoms with Gasteiger partial charge in [-0.1, -0.05) is 11.6 Å². The van der Waals surface area contributed by atoms with Crippen LogP contribution in [0.3, 0.4) is 0 Å². The van der Waals surface area contributed by atoms with Gasteiger partial charge in [-0.3, -0.25) is 4.79 Å². The number of tetrazole rings is 1. The van der Waals surface area contributed by atoms with Gasteiger partial charge < -0.3 is 9.67 Å². The predicted octanol–water partition coefficient (Wildman–Crippen LogP) is 1.62. The molecule has 122 valence electrons. The molecule has 24 heavy (non-hydrogen) atoms. The highest BCUT2D eigenvalue weighted by Crippen LogP contribution is 2.31. The van der Waals surface area contributed by atoms with Crippen LogP contribution in [0.4, 0.5) is 0 Å². The fraction of sp³-hybridized carbons (Fsp3) is 0.250. The minimum atomic E-state index is -0.139. The number of aliphatic hydroxyl groups is 1. The summed E-state index contributed by atoms with van der Waals surface area (Å²) in [5.41, 5.74) is 3.08. The molecule has 1 aliphatic heterocycles. The largest absolute Gasteiger partial charge is 0.394 e. The number of pyridine rings is 1. The Hall–Kier alpha value is -2.51. The highest BCUT2D eigenvalue weighted by atomic mass is 35.5. The third kappa shape index (κ3) is 2.42. The predicted molar refractivity (Wildman–Crippen MR) is 88.3 cm³/mol. The minimum absolute atomic E-state index is 0.0285. The van der Waals surface area contributed by atoms with Crippen LogP contribution in [-0.2, 0) is 6.42 Å². The normalized spacial score (nSPS) is 16.3. The van der Waals surface area contributed by atoms with Crippen LogP contribution in [0.15, 0.2) is 41.5 Å². The van der Waals surface area contributed by atoms with Gasteiger partial charge in [0.25, 0.3) is 5.56 Å². The Kier molecular flexibility index (Phi) is 3.66. The summed E-state index contributed by atoms with van der Waals surface area (Å²) in [6.07, 6.45) is 3.02. The first-order valence-electron chi connectivity index (χ1n) is 7.57. The van der Waals surface area contributed by atoms with E-state index in [4.69, 9.17) is 11.6 Å². The molecule has 2 aromatic heterocycles. The molecular weight excluding hydrogens is 330 g/mol. The molecule has 0 amide bonds. The number of nitrogens with zero attached hydrogens (tertiary/aromatic N) is 5. The summed E-state index contributed by atoms with van der Waals surface area (Å²) >= 11 is 6.15. The van der Waals surface area contributed by atoms with E-state index in [1.807, 2.05) is 12.1 Å². The average Bonchev–Trinajstić information content (AvgIpc) is 3.24. The fourth-order valence-corrected chi connectivity index (χ4v) is 3.40. The van der Waals surface area contributed by atoms with Gasteiger partial charge in [0.05, 0.1) is 18.3 Å². The van der Waals surface area contributed by atoms with Crippen LogP contribution in [-0.4, -0.2) is 36.5 Å². The summed E-state index contributed by atoms with van der Waals surface area (Å²) in [7, 11) is 0. The number of aliphatic hydroxyl groups excluding tert-OH is 1. The SMILES string of the molecule is O=c1cc(-c2cc(Cl)ccc2-n2cnnn2)cc2n1[C@H](CO)CC2. The summed E-state index contributed by atoms with van der Waals surface area (Å²) in [5.74, 6) is 0. The number of aromatic nitrogens is 5. The monoisotopic (exact) mass is 343 g/mol. The number of aryl methyl sites for hydroxylation is 1. The maximum atomic E-state index is 12.5. The minimum Gasteiger partial charge on any atom is -0.394 e. The van der Waals surface area contributed by atoms with Crippen molar-refractivity contribution in [3.63, 3.8) is 0 Å². The molecule has 7 nitrogen and oxygen atoms in total. The number of benzene rings is 1. The molecule has 1 aromatic carbocycles. The van der Waals surface area contributed by atoms with Crippen molar-refractivity contribution in [2.45, 2.75) is 18.9 Å². The second kappa shape index (κ2) is 5.85. The first-order valence-corrected chi connectivity index (χ1v) is 7.95. The lowest BCUT2D eigenvalue weighted by molar-refractivity contribution is 0.231. The number of hydrogen-bond donors (Lipinski definition) is 1. The van der Waals surface area contributed by atoms with Crippen molar-refractivity contribution in [3.05, 3.63) is 57.7 Å². The molecule has 1 aliphatic rings. The highest BCUT2D eigenvalue weighted by molar-refractivity contribution is 6.31. The van der Waals surface area contributed by atoms with E-state index in [1.165, 1.54) is 11.0 Å². The zero-order valence-electron chi connectivity index (χ0n) is 12.6. The van der Waals surface area contributed by atoms with Gasteiger partial charge in [0.15, 0.2) is 0 Å². The lowest BCUT2D eigenvalue weighted by Gasteiger charge is -2.14. The number of halogens is 1. The molecule has 0 saturated carbocycles. The zero-order chi connectivity index (χ0) is 16.7. The quantitative estimate of drug-likeness (QED) is 0.781. The van der Waals surface area contributed by atoms with Crippen LogP contribution >= 0.6 is 11.6 Å². The maximum Gasteiger partial charge on any atom is 0.251 e. The molecule has 0 fully saturated rings. The molecule has 0 bridgehead atoms. The van der Waals surface area contributed by atoms with E-state index in [0.717, 1.165) is 35.3 Å². The van der Waals surface area contributed by atoms with Crippen LogP contribution in [0.25, 0.3) is 16.8 Å². The van der Waals surface area contributed by atoms with Crippen molar-refractivity contribution in [1.82, 2.24) is 24.8 Å². The van der Waals surface area contributed by atoms with E-state index >= 15 is 0 Å². The molecule has 0 unspecified atom stereocenters. The smallest absolute Gasteiger partial charge is 0.251 e. The molecular formula is C16H14ClN5O2. The topological polar surface area (TPSA) is 85.8 Å². The van der Waals surface area contributed by atoms with Crippen LogP contribution in [0, 0.1) is 0 Å². The number of rotatable bonds is 3. The fourth-order valence-electron chi connectivity index (χ4n) is 3.22. The zero-order valence-corrected chi connectivity index (χ0v) is 13.4. The standard InChI is InChI=1S/C16H14ClN5O2/c17-11-1-4-15(21-9-18-19-20-21)14(7-11)10-5-12-2-3-13(8-23)22(12)16(24)6-10/h1,4-7,9,13,23H,2-3,8H2/t13-/m0/s1. The Morgan fingerprint density at radius 3 is 2.92 bits per heavy atom. The molecule has 0 radical (unpaired) electrons. The second-order valence-electron chi connectivity index (χ2n) is 5.73. The molecule has 0 aliphatic carbocycles. The molecule has 8 heteroatoms. The van der Waals surface area contributed by atoms with Crippen molar-refractivity contribution in [1.29, 1.82) is 0 Å². The Morgan fingerprint density at radius 1 is 1.29 bits per heavy atom. The van der Waals surface area contributed by atoms with Gasteiger partial charge in [-0.05, 0) is 53.1 Å². The molecule has 0 spiro atoms. The van der Waals surface area contributed by atoms with E-state index in [-0.39, 0.29) is 18.2 Å². The van der Waals surface area contributed by atoms with E-state index in [1.54, 1.807) is 22.8 Å². The van der Waals surface area contributed by atoms with Crippen molar-refractivity contribution in [2.24, 2.45) is 0 Å². The van der Waals surface area contributed by atoms with Crippen molar-refractivity contribution in [2.75, 3.05) is 6.61 Å². The Bertz CT molecular complexity index is 952. The maximum absolute atomic E-state index is 12.5. The molecule has 3 aromatic rings. The molecule has 1 atom stereocenters. The van der Waals surface area contributed by atoms with Gasteiger partial charge in [0.1, 0.15) is 6.33 Å². The van der Waals surface area contributed by atoms with Crippen LogP contribution < -0.4 is 5.56 Å². The first-order chi connectivity index (χ1) is 11.7. The lowest BCUT2D eigenvalue weighted by Crippen LogP contribution is -2.24. The summed E-state index contributed by atoms with van der Waals surface area (Å²) in [6, 6.07) is 8.76. The lowest BCUT2D eigenvalue weighted by atomic mass is 10.0. The van der Waals surface area contributed by atoms with E-state index in [2.05, 4.69) is 15.5 Å². The van der Waals surface area contributed by atoms with E-state index in [0.29, 0.717) is 5.02 Å². The van der Waals surface area contributed by atoms with Crippen molar-refractivity contribution < 1.29 is 5.11 Å². The molecule has 1 N–H and O–H groups in total. The Morgan fingerprint density at radius 2 is 2.17 bits per heavy atom. The van der Waals surface area contributed by atoms with Crippen molar-refractivity contribution >= 4 is 11.6 Å². The van der Waals surface area contributed by atoms with E-state index < -0.39 is 0 Å². The van der Waals surface area contributed by atoms with Gasteiger partial charge in [-0.25, -0.2) is 0 Å². The van der Waals surface area contributed by atoms with Gasteiger partial charge in [0.2, 0.25) is 0 Å². The summed E-state index contributed by atoms with van der Waals surface area (Å²) < 4.78 is 3.21. The Balaban J connectivity index is 1.91. The van der Waals surface area contributed by atoms with Gasteiger partial charge in [0, 0.05) is 22.3 Å². The third-order valence-corrected chi connectivity index (χ3v) is 4.56.